The van der Waals surface area contributed by atoms with Crippen LogP contribution in [0.5, 0.6) is 0 Å². The number of halogens is 1. The van der Waals surface area contributed by atoms with E-state index in [1.807, 2.05) is 13.0 Å². The maximum Gasteiger partial charge on any atom is 0.126 e. The van der Waals surface area contributed by atoms with E-state index in [1.165, 1.54) is 0 Å². The fourth-order valence-electron chi connectivity index (χ4n) is 1.74. The molecular weight excluding hydrogens is 165 g/mol. The van der Waals surface area contributed by atoms with Gasteiger partial charge in [-0.3, -0.25) is 0 Å². The summed E-state index contributed by atoms with van der Waals surface area (Å²) in [6.45, 7) is 3.70. The lowest BCUT2D eigenvalue weighted by Gasteiger charge is -2.14. The molecular formula is C11H14FN. The van der Waals surface area contributed by atoms with E-state index >= 15 is 0 Å². The van der Waals surface area contributed by atoms with Crippen LogP contribution in [0.3, 0.4) is 0 Å². The Morgan fingerprint density at radius 1 is 1.31 bits per heavy atom. The van der Waals surface area contributed by atoms with Crippen LogP contribution < -0.4 is 5.73 Å². The fraction of sp³-hybridized carbons (Fsp3) is 0.455. The quantitative estimate of drug-likeness (QED) is 0.703. The first-order valence-corrected chi connectivity index (χ1v) is 4.59. The number of benzene rings is 1. The summed E-state index contributed by atoms with van der Waals surface area (Å²) in [5.74, 6) is -0.133. The standard InChI is InChI=1S/C11H14FN/c1-7-5-9(11(13)3-4-11)8(2)10(12)6-7/h5-6H,3-4,13H2,1-2H3. The summed E-state index contributed by atoms with van der Waals surface area (Å²) in [5, 5.41) is 0. The van der Waals surface area contributed by atoms with Crippen LogP contribution in [0.4, 0.5) is 4.39 Å². The Morgan fingerprint density at radius 3 is 2.46 bits per heavy atom. The highest BCUT2D eigenvalue weighted by Gasteiger charge is 2.41. The minimum atomic E-state index is -0.225. The zero-order valence-electron chi connectivity index (χ0n) is 8.02. The molecule has 13 heavy (non-hydrogen) atoms. The third kappa shape index (κ3) is 1.35. The number of hydrogen-bond donors (Lipinski definition) is 1. The zero-order chi connectivity index (χ0) is 9.64. The van der Waals surface area contributed by atoms with Crippen molar-refractivity contribution in [1.82, 2.24) is 0 Å². The predicted octanol–water partition coefficient (Wildman–Crippen LogP) is 2.39. The number of rotatable bonds is 1. The first-order valence-electron chi connectivity index (χ1n) is 4.59. The molecule has 0 heterocycles. The first-order chi connectivity index (χ1) is 6.03. The molecule has 0 aliphatic heterocycles. The average molecular weight is 179 g/mol. The van der Waals surface area contributed by atoms with Crippen LogP contribution in [0, 0.1) is 19.7 Å². The Balaban J connectivity index is 2.56. The van der Waals surface area contributed by atoms with E-state index in [0.29, 0.717) is 5.56 Å². The summed E-state index contributed by atoms with van der Waals surface area (Å²) in [5.41, 5.74) is 8.47. The first kappa shape index (κ1) is 8.70. The molecule has 1 aromatic rings. The third-order valence-electron chi connectivity index (χ3n) is 2.81. The van der Waals surface area contributed by atoms with Gasteiger partial charge in [-0.05, 0) is 49.4 Å². The topological polar surface area (TPSA) is 26.0 Å². The molecule has 1 aromatic carbocycles. The van der Waals surface area contributed by atoms with E-state index < -0.39 is 0 Å². The lowest BCUT2D eigenvalue weighted by atomic mass is 9.97. The lowest BCUT2D eigenvalue weighted by Crippen LogP contribution is -2.20. The molecule has 1 aliphatic carbocycles. The molecule has 1 aliphatic rings. The van der Waals surface area contributed by atoms with Crippen molar-refractivity contribution in [3.05, 3.63) is 34.6 Å². The minimum absolute atomic E-state index is 0.133. The highest BCUT2D eigenvalue weighted by Crippen LogP contribution is 2.44. The summed E-state index contributed by atoms with van der Waals surface area (Å²) >= 11 is 0. The van der Waals surface area contributed by atoms with Crippen molar-refractivity contribution in [3.8, 4) is 0 Å². The SMILES string of the molecule is Cc1cc(F)c(C)c(C2(N)CC2)c1. The van der Waals surface area contributed by atoms with Crippen LogP contribution in [0.2, 0.25) is 0 Å². The predicted molar refractivity (Wildman–Crippen MR) is 51.0 cm³/mol. The van der Waals surface area contributed by atoms with Gasteiger partial charge in [-0.25, -0.2) is 4.39 Å². The molecule has 2 heteroatoms. The molecule has 0 bridgehead atoms. The van der Waals surface area contributed by atoms with Gasteiger partial charge in [-0.1, -0.05) is 6.07 Å². The van der Waals surface area contributed by atoms with E-state index in [2.05, 4.69) is 0 Å². The molecule has 70 valence electrons. The second kappa shape index (κ2) is 2.55. The van der Waals surface area contributed by atoms with Gasteiger partial charge in [-0.15, -0.1) is 0 Å². The van der Waals surface area contributed by atoms with Gasteiger partial charge in [0.25, 0.3) is 0 Å². The molecule has 0 radical (unpaired) electrons. The Hall–Kier alpha value is -0.890. The molecule has 0 aromatic heterocycles. The van der Waals surface area contributed by atoms with Crippen LogP contribution in [0.15, 0.2) is 12.1 Å². The molecule has 0 unspecified atom stereocenters. The summed E-state index contributed by atoms with van der Waals surface area (Å²) in [7, 11) is 0. The van der Waals surface area contributed by atoms with Crippen molar-refractivity contribution in [1.29, 1.82) is 0 Å². The Labute approximate surface area is 77.8 Å². The summed E-state index contributed by atoms with van der Waals surface area (Å²) in [4.78, 5) is 0. The number of nitrogens with two attached hydrogens (primary N) is 1. The van der Waals surface area contributed by atoms with Crippen LogP contribution in [-0.2, 0) is 5.54 Å². The molecule has 2 N–H and O–H groups in total. The second-order valence-corrected chi connectivity index (χ2v) is 4.08. The van der Waals surface area contributed by atoms with Crippen molar-refractivity contribution in [3.63, 3.8) is 0 Å². The maximum atomic E-state index is 13.3. The summed E-state index contributed by atoms with van der Waals surface area (Å²) < 4.78 is 13.3. The van der Waals surface area contributed by atoms with E-state index in [1.54, 1.807) is 13.0 Å². The Morgan fingerprint density at radius 2 is 1.92 bits per heavy atom. The van der Waals surface area contributed by atoms with E-state index in [0.717, 1.165) is 24.0 Å². The highest BCUT2D eigenvalue weighted by atomic mass is 19.1. The van der Waals surface area contributed by atoms with Gasteiger partial charge < -0.3 is 5.73 Å². The smallest absolute Gasteiger partial charge is 0.126 e. The van der Waals surface area contributed by atoms with Gasteiger partial charge in [0.1, 0.15) is 5.82 Å². The van der Waals surface area contributed by atoms with E-state index in [4.69, 9.17) is 5.73 Å². The average Bonchev–Trinajstić information content (AvgIpc) is 2.77. The maximum absolute atomic E-state index is 13.3. The van der Waals surface area contributed by atoms with Crippen molar-refractivity contribution < 1.29 is 4.39 Å². The van der Waals surface area contributed by atoms with Crippen molar-refractivity contribution in [2.45, 2.75) is 32.2 Å². The van der Waals surface area contributed by atoms with Crippen LogP contribution in [0.25, 0.3) is 0 Å². The molecule has 0 spiro atoms. The number of aryl methyl sites for hydroxylation is 1. The van der Waals surface area contributed by atoms with Crippen LogP contribution in [0.1, 0.15) is 29.5 Å². The Bertz CT molecular complexity index is 353. The van der Waals surface area contributed by atoms with Crippen molar-refractivity contribution in [2.24, 2.45) is 5.73 Å². The van der Waals surface area contributed by atoms with Crippen LogP contribution >= 0.6 is 0 Å². The van der Waals surface area contributed by atoms with Crippen LogP contribution in [-0.4, -0.2) is 0 Å². The lowest BCUT2D eigenvalue weighted by molar-refractivity contribution is 0.605. The van der Waals surface area contributed by atoms with Gasteiger partial charge in [-0.2, -0.15) is 0 Å². The normalized spacial score (nSPS) is 18.8. The summed E-state index contributed by atoms with van der Waals surface area (Å²) in [6.07, 6.45) is 1.97. The third-order valence-corrected chi connectivity index (χ3v) is 2.81. The molecule has 0 amide bonds. The van der Waals surface area contributed by atoms with Gasteiger partial charge in [0, 0.05) is 5.54 Å². The molecule has 0 saturated heterocycles. The number of hydrogen-bond acceptors (Lipinski definition) is 1. The largest absolute Gasteiger partial charge is 0.321 e. The van der Waals surface area contributed by atoms with E-state index in [9.17, 15) is 4.39 Å². The molecule has 0 atom stereocenters. The second-order valence-electron chi connectivity index (χ2n) is 4.08. The van der Waals surface area contributed by atoms with E-state index in [-0.39, 0.29) is 11.4 Å². The zero-order valence-corrected chi connectivity index (χ0v) is 8.02. The van der Waals surface area contributed by atoms with Gasteiger partial charge in [0.15, 0.2) is 0 Å². The minimum Gasteiger partial charge on any atom is -0.321 e. The fourth-order valence-corrected chi connectivity index (χ4v) is 1.74. The summed E-state index contributed by atoms with van der Waals surface area (Å²) in [6, 6.07) is 3.57. The molecule has 1 nitrogen and oxygen atoms in total. The molecule has 1 fully saturated rings. The van der Waals surface area contributed by atoms with Crippen molar-refractivity contribution in [2.75, 3.05) is 0 Å². The van der Waals surface area contributed by atoms with Gasteiger partial charge >= 0.3 is 0 Å². The molecule has 2 rings (SSSR count). The molecule has 1 saturated carbocycles. The van der Waals surface area contributed by atoms with Gasteiger partial charge in [0.2, 0.25) is 0 Å². The van der Waals surface area contributed by atoms with Crippen molar-refractivity contribution >= 4 is 0 Å². The van der Waals surface area contributed by atoms with Gasteiger partial charge in [0.05, 0.1) is 0 Å². The monoisotopic (exact) mass is 179 g/mol. The highest BCUT2D eigenvalue weighted by molar-refractivity contribution is 5.40. The Kier molecular flexibility index (Phi) is 1.70.